The van der Waals surface area contributed by atoms with Crippen LogP contribution < -0.4 is 11.1 Å². The fourth-order valence-corrected chi connectivity index (χ4v) is 4.37. The highest BCUT2D eigenvalue weighted by Gasteiger charge is 2.37. The van der Waals surface area contributed by atoms with Gasteiger partial charge in [-0.2, -0.15) is 0 Å². The molecule has 2 aromatic heterocycles. The Morgan fingerprint density at radius 1 is 1.13 bits per heavy atom. The van der Waals surface area contributed by atoms with E-state index in [4.69, 9.17) is 5.73 Å². The van der Waals surface area contributed by atoms with Crippen molar-refractivity contribution in [2.45, 2.75) is 50.6 Å². The van der Waals surface area contributed by atoms with Crippen LogP contribution in [0.25, 0.3) is 11.0 Å². The number of hydrogen-bond donors (Lipinski definition) is 2. The Kier molecular flexibility index (Phi) is 4.88. The summed E-state index contributed by atoms with van der Waals surface area (Å²) < 4.78 is 2.25. The minimum Gasteiger partial charge on any atom is -0.383 e. The number of anilines is 1. The molecule has 30 heavy (non-hydrogen) atoms. The van der Waals surface area contributed by atoms with E-state index in [9.17, 15) is 4.79 Å². The zero-order valence-electron chi connectivity index (χ0n) is 16.8. The van der Waals surface area contributed by atoms with Crippen LogP contribution in [0.15, 0.2) is 42.9 Å². The summed E-state index contributed by atoms with van der Waals surface area (Å²) in [6.07, 6.45) is 10.6. The van der Waals surface area contributed by atoms with Gasteiger partial charge in [-0.05, 0) is 31.4 Å². The van der Waals surface area contributed by atoms with Crippen molar-refractivity contribution in [1.82, 2.24) is 19.9 Å². The fourth-order valence-electron chi connectivity index (χ4n) is 4.37. The van der Waals surface area contributed by atoms with Crippen molar-refractivity contribution < 1.29 is 4.79 Å². The van der Waals surface area contributed by atoms with Crippen LogP contribution in [0.1, 0.15) is 60.5 Å². The molecule has 2 aliphatic carbocycles. The van der Waals surface area contributed by atoms with Crippen molar-refractivity contribution in [3.63, 3.8) is 0 Å². The topological polar surface area (TPSA) is 85.8 Å². The molecular weight excluding hydrogens is 374 g/mol. The Morgan fingerprint density at radius 2 is 1.93 bits per heavy atom. The molecule has 2 heterocycles. The molecule has 3 aromatic rings. The van der Waals surface area contributed by atoms with E-state index in [0.29, 0.717) is 17.4 Å². The van der Waals surface area contributed by atoms with Gasteiger partial charge in [0.05, 0.1) is 10.9 Å². The van der Waals surface area contributed by atoms with Gasteiger partial charge in [0.25, 0.3) is 5.91 Å². The Labute approximate surface area is 175 Å². The molecule has 0 spiro atoms. The third-order valence-electron chi connectivity index (χ3n) is 6.14. The summed E-state index contributed by atoms with van der Waals surface area (Å²) in [4.78, 5) is 21.0. The third-order valence-corrected chi connectivity index (χ3v) is 6.14. The summed E-state index contributed by atoms with van der Waals surface area (Å²) in [6, 6.07) is 9.83. The van der Waals surface area contributed by atoms with Crippen molar-refractivity contribution in [2.75, 3.05) is 5.73 Å². The second-order valence-corrected chi connectivity index (χ2v) is 8.26. The van der Waals surface area contributed by atoms with Crippen molar-refractivity contribution in [2.24, 2.45) is 5.92 Å². The highest BCUT2D eigenvalue weighted by molar-refractivity contribution is 5.94. The Bertz CT molecular complexity index is 1130. The molecule has 5 rings (SSSR count). The van der Waals surface area contributed by atoms with E-state index in [1.54, 1.807) is 0 Å². The van der Waals surface area contributed by atoms with Crippen molar-refractivity contribution in [1.29, 1.82) is 0 Å². The summed E-state index contributed by atoms with van der Waals surface area (Å²) in [6.45, 7) is 0. The number of carbonyl (C=O) groups excluding carboxylic acids is 1. The third kappa shape index (κ3) is 3.63. The number of benzene rings is 1. The maximum absolute atomic E-state index is 12.3. The summed E-state index contributed by atoms with van der Waals surface area (Å²) in [5.41, 5.74) is 8.63. The molecule has 2 saturated carbocycles. The summed E-state index contributed by atoms with van der Waals surface area (Å²) in [5.74, 6) is 7.23. The summed E-state index contributed by atoms with van der Waals surface area (Å²) in [7, 11) is 0. The van der Waals surface area contributed by atoms with Crippen LogP contribution in [0.4, 0.5) is 5.82 Å². The van der Waals surface area contributed by atoms with E-state index >= 15 is 0 Å². The standard InChI is InChI=1S/C24H25N5O/c25-22-21-18(14-29(23(21)27-15-26-22)19-9-5-2-6-10-19)12-11-17-13-20(17)28-24(30)16-7-3-1-4-8-16/h1,3-4,7-8,14-15,17,19-20H,2,5-6,9-10,13H2,(H,28,30)(H2,25,26,27). The number of nitrogens with zero attached hydrogens (tertiary/aromatic N) is 3. The summed E-state index contributed by atoms with van der Waals surface area (Å²) in [5, 5.41) is 3.91. The smallest absolute Gasteiger partial charge is 0.251 e. The average molecular weight is 399 g/mol. The van der Waals surface area contributed by atoms with Crippen molar-refractivity contribution >= 4 is 22.8 Å². The molecule has 1 aromatic carbocycles. The fraction of sp³-hybridized carbons (Fsp3) is 0.375. The second kappa shape index (κ2) is 7.83. The average Bonchev–Trinajstić information content (AvgIpc) is 3.41. The molecule has 0 saturated heterocycles. The van der Waals surface area contributed by atoms with Crippen LogP contribution in [0.5, 0.6) is 0 Å². The number of nitrogens with two attached hydrogens (primary N) is 1. The van der Waals surface area contributed by atoms with Crippen molar-refractivity contribution in [3.05, 3.63) is 54.0 Å². The van der Waals surface area contributed by atoms with Gasteiger partial charge >= 0.3 is 0 Å². The number of nitrogen functional groups attached to an aromatic ring is 1. The minimum atomic E-state index is -0.0450. The minimum absolute atomic E-state index is 0.0450. The van der Waals surface area contributed by atoms with Gasteiger partial charge in [0.1, 0.15) is 17.8 Å². The molecule has 0 bridgehead atoms. The van der Waals surface area contributed by atoms with Gasteiger partial charge in [-0.3, -0.25) is 4.79 Å². The maximum Gasteiger partial charge on any atom is 0.251 e. The zero-order chi connectivity index (χ0) is 20.5. The van der Waals surface area contributed by atoms with Crippen LogP contribution in [-0.2, 0) is 0 Å². The number of amides is 1. The highest BCUT2D eigenvalue weighted by atomic mass is 16.1. The molecule has 2 fully saturated rings. The molecule has 6 heteroatoms. The number of aromatic nitrogens is 3. The molecule has 152 valence electrons. The van der Waals surface area contributed by atoms with Gasteiger partial charge in [0.15, 0.2) is 0 Å². The first-order valence-corrected chi connectivity index (χ1v) is 10.7. The van der Waals surface area contributed by atoms with Gasteiger partial charge in [-0.1, -0.05) is 49.3 Å². The predicted molar refractivity (Wildman–Crippen MR) is 117 cm³/mol. The molecule has 3 N–H and O–H groups in total. The van der Waals surface area contributed by atoms with Gasteiger partial charge < -0.3 is 15.6 Å². The Balaban J connectivity index is 1.35. The first-order valence-electron chi connectivity index (χ1n) is 10.7. The van der Waals surface area contributed by atoms with Crippen LogP contribution in [0.2, 0.25) is 0 Å². The lowest BCUT2D eigenvalue weighted by Gasteiger charge is -2.23. The molecule has 2 atom stereocenters. The number of fused-ring (bicyclic) bond motifs is 1. The number of carbonyl (C=O) groups is 1. The monoisotopic (exact) mass is 399 g/mol. The largest absolute Gasteiger partial charge is 0.383 e. The predicted octanol–water partition coefficient (Wildman–Crippen LogP) is 3.69. The first kappa shape index (κ1) is 18.7. The van der Waals surface area contributed by atoms with Crippen LogP contribution >= 0.6 is 0 Å². The molecule has 2 aliphatic rings. The number of hydrogen-bond acceptors (Lipinski definition) is 4. The van der Waals surface area contributed by atoms with E-state index in [2.05, 4.69) is 37.9 Å². The van der Waals surface area contributed by atoms with Gasteiger partial charge in [0.2, 0.25) is 0 Å². The van der Waals surface area contributed by atoms with Crippen LogP contribution in [-0.4, -0.2) is 26.5 Å². The second-order valence-electron chi connectivity index (χ2n) is 8.26. The van der Waals surface area contributed by atoms with Gasteiger partial charge in [-0.15, -0.1) is 0 Å². The molecular formula is C24H25N5O. The summed E-state index contributed by atoms with van der Waals surface area (Å²) >= 11 is 0. The Hall–Kier alpha value is -3.33. The molecule has 2 unspecified atom stereocenters. The maximum atomic E-state index is 12.3. The van der Waals surface area contributed by atoms with E-state index in [1.165, 1.54) is 25.6 Å². The molecule has 6 nitrogen and oxygen atoms in total. The normalized spacial score (nSPS) is 21.1. The van der Waals surface area contributed by atoms with E-state index in [0.717, 1.165) is 35.9 Å². The lowest BCUT2D eigenvalue weighted by molar-refractivity contribution is 0.0950. The quantitative estimate of drug-likeness (QED) is 0.658. The number of nitrogens with one attached hydrogen (secondary N) is 1. The first-order chi connectivity index (χ1) is 14.7. The van der Waals surface area contributed by atoms with Gasteiger partial charge in [-0.25, -0.2) is 9.97 Å². The Morgan fingerprint density at radius 3 is 2.73 bits per heavy atom. The zero-order valence-corrected chi connectivity index (χ0v) is 16.8. The van der Waals surface area contributed by atoms with Gasteiger partial charge in [0, 0.05) is 29.8 Å². The van der Waals surface area contributed by atoms with E-state index in [-0.39, 0.29) is 17.9 Å². The highest BCUT2D eigenvalue weighted by Crippen LogP contribution is 2.34. The van der Waals surface area contributed by atoms with Crippen molar-refractivity contribution in [3.8, 4) is 11.8 Å². The lowest BCUT2D eigenvalue weighted by Crippen LogP contribution is -2.26. The molecule has 0 aliphatic heterocycles. The van der Waals surface area contributed by atoms with Crippen LogP contribution in [0.3, 0.4) is 0 Å². The molecule has 1 amide bonds. The SMILES string of the molecule is Nc1ncnc2c1c(C#CC1CC1NC(=O)c1ccccc1)cn2C1CCCCC1. The number of rotatable bonds is 3. The van der Waals surface area contributed by atoms with E-state index < -0.39 is 0 Å². The lowest BCUT2D eigenvalue weighted by atomic mass is 9.95. The van der Waals surface area contributed by atoms with Crippen LogP contribution in [0, 0.1) is 17.8 Å². The molecule has 0 radical (unpaired) electrons. The van der Waals surface area contributed by atoms with E-state index in [1.807, 2.05) is 30.3 Å².